The number of benzene rings is 1. The van der Waals surface area contributed by atoms with Crippen molar-refractivity contribution < 1.29 is 8.42 Å². The Balaban J connectivity index is 2.29. The summed E-state index contributed by atoms with van der Waals surface area (Å²) in [6, 6.07) is 7.89. The molecular formula is C12H14N2O2S2. The van der Waals surface area contributed by atoms with Gasteiger partial charge in [-0.25, -0.2) is 13.4 Å². The van der Waals surface area contributed by atoms with E-state index in [4.69, 9.17) is 0 Å². The molecule has 0 atom stereocenters. The number of hydrogen-bond acceptors (Lipinski definition) is 4. The van der Waals surface area contributed by atoms with Gasteiger partial charge in [0.15, 0.2) is 5.13 Å². The number of thiazole rings is 1. The van der Waals surface area contributed by atoms with Crippen molar-refractivity contribution in [3.05, 3.63) is 35.2 Å². The number of sulfonamides is 1. The summed E-state index contributed by atoms with van der Waals surface area (Å²) in [7, 11) is -3.25. The molecular weight excluding hydrogens is 268 g/mol. The first-order chi connectivity index (χ1) is 8.52. The van der Waals surface area contributed by atoms with Crippen molar-refractivity contribution in [2.24, 2.45) is 0 Å². The minimum Gasteiger partial charge on any atom is -0.259 e. The molecule has 0 radical (unpaired) electrons. The monoisotopic (exact) mass is 282 g/mol. The van der Waals surface area contributed by atoms with Gasteiger partial charge in [-0.15, -0.1) is 11.3 Å². The van der Waals surface area contributed by atoms with Gasteiger partial charge in [-0.2, -0.15) is 0 Å². The van der Waals surface area contributed by atoms with E-state index in [0.717, 1.165) is 16.8 Å². The van der Waals surface area contributed by atoms with E-state index >= 15 is 0 Å². The molecule has 1 heterocycles. The molecule has 0 saturated carbocycles. The zero-order valence-corrected chi connectivity index (χ0v) is 11.8. The molecule has 2 aromatic rings. The molecule has 0 aliphatic carbocycles. The number of hydrogen-bond donors (Lipinski definition) is 1. The average Bonchev–Trinajstić information content (AvgIpc) is 2.77. The third-order valence-electron chi connectivity index (χ3n) is 2.55. The standard InChI is InChI=1S/C12H14N2O2S2/c1-3-18(15,16)14-12-13-11(8-17-12)10-7-5-4-6-9(10)2/h4-8H,3H2,1-2H3,(H,13,14). The highest BCUT2D eigenvalue weighted by Crippen LogP contribution is 2.27. The SMILES string of the molecule is CCS(=O)(=O)Nc1nc(-c2ccccc2C)cs1. The van der Waals surface area contributed by atoms with Gasteiger partial charge in [0.1, 0.15) is 0 Å². The fraction of sp³-hybridized carbons (Fsp3) is 0.250. The Bertz CT molecular complexity index is 648. The average molecular weight is 282 g/mol. The Kier molecular flexibility index (Phi) is 3.68. The van der Waals surface area contributed by atoms with Crippen molar-refractivity contribution in [1.82, 2.24) is 4.98 Å². The summed E-state index contributed by atoms with van der Waals surface area (Å²) in [5, 5.41) is 2.27. The lowest BCUT2D eigenvalue weighted by Crippen LogP contribution is -2.14. The molecule has 1 aromatic heterocycles. The zero-order chi connectivity index (χ0) is 13.2. The minimum atomic E-state index is -3.25. The lowest BCUT2D eigenvalue weighted by atomic mass is 10.1. The van der Waals surface area contributed by atoms with E-state index in [9.17, 15) is 8.42 Å². The summed E-state index contributed by atoms with van der Waals surface area (Å²) in [4.78, 5) is 4.30. The molecule has 1 aromatic carbocycles. The Morgan fingerprint density at radius 1 is 1.33 bits per heavy atom. The van der Waals surface area contributed by atoms with Gasteiger partial charge in [0, 0.05) is 10.9 Å². The van der Waals surface area contributed by atoms with Crippen LogP contribution in [-0.4, -0.2) is 19.2 Å². The third kappa shape index (κ3) is 2.88. The van der Waals surface area contributed by atoms with Gasteiger partial charge in [-0.05, 0) is 19.4 Å². The van der Waals surface area contributed by atoms with E-state index in [1.54, 1.807) is 6.92 Å². The summed E-state index contributed by atoms with van der Waals surface area (Å²) in [5.41, 5.74) is 2.94. The van der Waals surface area contributed by atoms with Crippen LogP contribution in [0.15, 0.2) is 29.6 Å². The Morgan fingerprint density at radius 2 is 2.06 bits per heavy atom. The van der Waals surface area contributed by atoms with Crippen molar-refractivity contribution in [1.29, 1.82) is 0 Å². The van der Waals surface area contributed by atoms with Crippen molar-refractivity contribution in [3.8, 4) is 11.3 Å². The van der Waals surface area contributed by atoms with Crippen LogP contribution in [0.4, 0.5) is 5.13 Å². The van der Waals surface area contributed by atoms with E-state index in [1.165, 1.54) is 11.3 Å². The van der Waals surface area contributed by atoms with Crippen LogP contribution in [0.1, 0.15) is 12.5 Å². The molecule has 1 N–H and O–H groups in total. The van der Waals surface area contributed by atoms with Crippen LogP contribution in [0.5, 0.6) is 0 Å². The van der Waals surface area contributed by atoms with Crippen molar-refractivity contribution in [3.63, 3.8) is 0 Å². The lowest BCUT2D eigenvalue weighted by molar-refractivity contribution is 0.602. The van der Waals surface area contributed by atoms with Gasteiger partial charge in [0.2, 0.25) is 10.0 Å². The minimum absolute atomic E-state index is 0.0479. The van der Waals surface area contributed by atoms with Crippen LogP contribution < -0.4 is 4.72 Å². The van der Waals surface area contributed by atoms with Crippen molar-refractivity contribution >= 4 is 26.5 Å². The van der Waals surface area contributed by atoms with E-state index < -0.39 is 10.0 Å². The quantitative estimate of drug-likeness (QED) is 0.938. The topological polar surface area (TPSA) is 59.1 Å². The maximum atomic E-state index is 11.4. The molecule has 0 spiro atoms. The molecule has 0 amide bonds. The maximum absolute atomic E-state index is 11.4. The largest absolute Gasteiger partial charge is 0.259 e. The van der Waals surface area contributed by atoms with Crippen LogP contribution in [0, 0.1) is 6.92 Å². The van der Waals surface area contributed by atoms with Crippen LogP contribution in [-0.2, 0) is 10.0 Å². The molecule has 0 aliphatic rings. The second kappa shape index (κ2) is 5.07. The van der Waals surface area contributed by atoms with Gasteiger partial charge in [-0.3, -0.25) is 4.72 Å². The number of aromatic nitrogens is 1. The highest BCUT2D eigenvalue weighted by molar-refractivity contribution is 7.92. The van der Waals surface area contributed by atoms with Gasteiger partial charge in [0.05, 0.1) is 11.4 Å². The number of aryl methyl sites for hydroxylation is 1. The Morgan fingerprint density at radius 3 is 2.72 bits per heavy atom. The molecule has 0 fully saturated rings. The number of nitrogens with one attached hydrogen (secondary N) is 1. The summed E-state index contributed by atoms with van der Waals surface area (Å²) in [5.74, 6) is 0.0479. The van der Waals surface area contributed by atoms with Crippen molar-refractivity contribution in [2.45, 2.75) is 13.8 Å². The predicted octanol–water partition coefficient (Wildman–Crippen LogP) is 2.88. The van der Waals surface area contributed by atoms with Crippen LogP contribution in [0.3, 0.4) is 0 Å². The fourth-order valence-corrected chi connectivity index (χ4v) is 3.09. The first-order valence-corrected chi connectivity index (χ1v) is 8.07. The zero-order valence-electron chi connectivity index (χ0n) is 10.2. The highest BCUT2D eigenvalue weighted by atomic mass is 32.2. The smallest absolute Gasteiger partial charge is 0.234 e. The first-order valence-electron chi connectivity index (χ1n) is 5.54. The molecule has 2 rings (SSSR count). The van der Waals surface area contributed by atoms with Crippen LogP contribution in [0.25, 0.3) is 11.3 Å². The maximum Gasteiger partial charge on any atom is 0.234 e. The normalized spacial score (nSPS) is 11.4. The molecule has 0 bridgehead atoms. The summed E-state index contributed by atoms with van der Waals surface area (Å²) < 4.78 is 25.3. The van der Waals surface area contributed by atoms with Crippen LogP contribution >= 0.6 is 11.3 Å². The van der Waals surface area contributed by atoms with E-state index in [2.05, 4.69) is 9.71 Å². The second-order valence-electron chi connectivity index (χ2n) is 3.86. The van der Waals surface area contributed by atoms with Gasteiger partial charge >= 0.3 is 0 Å². The van der Waals surface area contributed by atoms with Crippen molar-refractivity contribution in [2.75, 3.05) is 10.5 Å². The molecule has 0 unspecified atom stereocenters. The third-order valence-corrected chi connectivity index (χ3v) is 4.70. The molecule has 6 heteroatoms. The van der Waals surface area contributed by atoms with Crippen LogP contribution in [0.2, 0.25) is 0 Å². The second-order valence-corrected chi connectivity index (χ2v) is 6.73. The van der Waals surface area contributed by atoms with Gasteiger partial charge in [0.25, 0.3) is 0 Å². The molecule has 96 valence electrons. The summed E-state index contributed by atoms with van der Waals surface area (Å²) in [6.07, 6.45) is 0. The number of anilines is 1. The molecule has 0 saturated heterocycles. The molecule has 18 heavy (non-hydrogen) atoms. The fourth-order valence-electron chi connectivity index (χ4n) is 1.51. The summed E-state index contributed by atoms with van der Waals surface area (Å²) in [6.45, 7) is 3.60. The van der Waals surface area contributed by atoms with Gasteiger partial charge < -0.3 is 0 Å². The highest BCUT2D eigenvalue weighted by Gasteiger charge is 2.11. The van der Waals surface area contributed by atoms with Gasteiger partial charge in [-0.1, -0.05) is 24.3 Å². The first kappa shape index (κ1) is 13.0. The number of nitrogens with zero attached hydrogens (tertiary/aromatic N) is 1. The van der Waals surface area contributed by atoms with E-state index in [-0.39, 0.29) is 5.75 Å². The predicted molar refractivity (Wildman–Crippen MR) is 75.4 cm³/mol. The van der Waals surface area contributed by atoms with E-state index in [0.29, 0.717) is 5.13 Å². The molecule has 0 aliphatic heterocycles. The summed E-state index contributed by atoms with van der Waals surface area (Å²) >= 11 is 1.29. The number of rotatable bonds is 4. The molecule has 4 nitrogen and oxygen atoms in total. The van der Waals surface area contributed by atoms with E-state index in [1.807, 2.05) is 36.6 Å². The lowest BCUT2D eigenvalue weighted by Gasteiger charge is -2.02. The Hall–Kier alpha value is -1.40. The Labute approximate surface area is 111 Å².